The summed E-state index contributed by atoms with van der Waals surface area (Å²) in [7, 11) is 1.57. The Morgan fingerprint density at radius 2 is 2.08 bits per heavy atom. The highest BCUT2D eigenvalue weighted by atomic mass is 35.5. The first-order valence-electron chi connectivity index (χ1n) is 4.30. The fourth-order valence-corrected chi connectivity index (χ4v) is 1.63. The maximum atomic E-state index is 6.07. The first kappa shape index (κ1) is 8.75. The van der Waals surface area contributed by atoms with Gasteiger partial charge >= 0.3 is 0 Å². The van der Waals surface area contributed by atoms with Gasteiger partial charge in [-0.2, -0.15) is 4.98 Å². The summed E-state index contributed by atoms with van der Waals surface area (Å²) in [6.45, 7) is 1.85. The molecule has 0 unspecified atom stereocenters. The van der Waals surface area contributed by atoms with Crippen molar-refractivity contribution in [2.45, 2.75) is 25.7 Å². The van der Waals surface area contributed by atoms with Crippen molar-refractivity contribution >= 4 is 11.6 Å². The van der Waals surface area contributed by atoms with E-state index in [-0.39, 0.29) is 0 Å². The van der Waals surface area contributed by atoms with Crippen molar-refractivity contribution in [3.05, 3.63) is 16.5 Å². The minimum Gasteiger partial charge on any atom is -0.480 e. The van der Waals surface area contributed by atoms with Gasteiger partial charge in [0.1, 0.15) is 10.8 Å². The molecule has 1 saturated carbocycles. The second-order valence-electron chi connectivity index (χ2n) is 3.25. The maximum Gasteiger partial charge on any atom is 0.235 e. The Morgan fingerprint density at radius 3 is 2.62 bits per heavy atom. The zero-order valence-electron chi connectivity index (χ0n) is 7.67. The van der Waals surface area contributed by atoms with Gasteiger partial charge in [-0.1, -0.05) is 11.6 Å². The van der Waals surface area contributed by atoms with Crippen LogP contribution in [-0.4, -0.2) is 17.1 Å². The highest BCUT2D eigenvalue weighted by Gasteiger charge is 2.29. The van der Waals surface area contributed by atoms with Crippen molar-refractivity contribution in [2.75, 3.05) is 7.11 Å². The van der Waals surface area contributed by atoms with Crippen LogP contribution in [0.4, 0.5) is 0 Å². The third kappa shape index (κ3) is 1.61. The fraction of sp³-hybridized carbons (Fsp3) is 0.556. The third-order valence-electron chi connectivity index (χ3n) is 2.12. The van der Waals surface area contributed by atoms with Gasteiger partial charge in [-0.15, -0.1) is 0 Å². The average molecular weight is 199 g/mol. The van der Waals surface area contributed by atoms with Crippen molar-refractivity contribution < 1.29 is 4.74 Å². The Balaban J connectivity index is 2.47. The standard InChI is InChI=1S/C9H11ClN2O/c1-5-11-8(6-3-4-6)7(10)9(12-5)13-2/h6H,3-4H2,1-2H3. The minimum atomic E-state index is 0.496. The Labute approximate surface area is 82.1 Å². The second-order valence-corrected chi connectivity index (χ2v) is 3.63. The van der Waals surface area contributed by atoms with E-state index in [1.54, 1.807) is 7.11 Å². The topological polar surface area (TPSA) is 35.0 Å². The van der Waals surface area contributed by atoms with Crippen molar-refractivity contribution in [1.82, 2.24) is 9.97 Å². The molecule has 0 N–H and O–H groups in total. The molecular formula is C9H11ClN2O. The van der Waals surface area contributed by atoms with Crippen LogP contribution in [0.25, 0.3) is 0 Å². The number of methoxy groups -OCH3 is 1. The Kier molecular flexibility index (Phi) is 2.12. The van der Waals surface area contributed by atoms with Crippen LogP contribution in [-0.2, 0) is 0 Å². The number of aryl methyl sites for hydroxylation is 1. The summed E-state index contributed by atoms with van der Waals surface area (Å²) in [5.41, 5.74) is 0.950. The first-order chi connectivity index (χ1) is 6.22. The van der Waals surface area contributed by atoms with Crippen LogP contribution in [0.3, 0.4) is 0 Å². The maximum absolute atomic E-state index is 6.07. The van der Waals surface area contributed by atoms with Gasteiger partial charge in [0, 0.05) is 5.92 Å². The number of hydrogen-bond acceptors (Lipinski definition) is 3. The van der Waals surface area contributed by atoms with Crippen LogP contribution in [0, 0.1) is 6.92 Å². The van der Waals surface area contributed by atoms with Gasteiger partial charge in [0.15, 0.2) is 0 Å². The smallest absolute Gasteiger partial charge is 0.235 e. The molecule has 4 heteroatoms. The van der Waals surface area contributed by atoms with E-state index in [9.17, 15) is 0 Å². The number of aromatic nitrogens is 2. The number of halogens is 1. The molecule has 1 aliphatic carbocycles. The van der Waals surface area contributed by atoms with E-state index in [2.05, 4.69) is 9.97 Å². The number of nitrogens with zero attached hydrogens (tertiary/aromatic N) is 2. The van der Waals surface area contributed by atoms with E-state index in [0.717, 1.165) is 11.5 Å². The minimum absolute atomic E-state index is 0.496. The Morgan fingerprint density at radius 1 is 1.38 bits per heavy atom. The Bertz CT molecular complexity index is 337. The Hall–Kier alpha value is -0.830. The summed E-state index contributed by atoms with van der Waals surface area (Å²) in [6.07, 6.45) is 2.36. The monoisotopic (exact) mass is 198 g/mol. The van der Waals surface area contributed by atoms with Crippen molar-refractivity contribution in [3.8, 4) is 5.88 Å². The van der Waals surface area contributed by atoms with Gasteiger partial charge in [0.2, 0.25) is 5.88 Å². The van der Waals surface area contributed by atoms with Gasteiger partial charge in [-0.25, -0.2) is 4.98 Å². The summed E-state index contributed by atoms with van der Waals surface area (Å²) >= 11 is 6.07. The predicted octanol–water partition coefficient (Wildman–Crippen LogP) is 2.32. The van der Waals surface area contributed by atoms with Crippen LogP contribution in [0.15, 0.2) is 0 Å². The molecule has 1 aliphatic rings. The highest BCUT2D eigenvalue weighted by molar-refractivity contribution is 6.32. The molecule has 1 heterocycles. The van der Waals surface area contributed by atoms with E-state index >= 15 is 0 Å². The molecular weight excluding hydrogens is 188 g/mol. The first-order valence-corrected chi connectivity index (χ1v) is 4.68. The highest BCUT2D eigenvalue weighted by Crippen LogP contribution is 2.43. The lowest BCUT2D eigenvalue weighted by molar-refractivity contribution is 0.395. The number of hydrogen-bond donors (Lipinski definition) is 0. The number of rotatable bonds is 2. The predicted molar refractivity (Wildman–Crippen MR) is 50.3 cm³/mol. The van der Waals surface area contributed by atoms with Crippen LogP contribution >= 0.6 is 11.6 Å². The van der Waals surface area contributed by atoms with Crippen LogP contribution < -0.4 is 4.74 Å². The lowest BCUT2D eigenvalue weighted by Gasteiger charge is -2.06. The summed E-state index contributed by atoms with van der Waals surface area (Å²) in [4.78, 5) is 8.42. The average Bonchev–Trinajstić information content (AvgIpc) is 2.91. The molecule has 0 spiro atoms. The second kappa shape index (κ2) is 3.14. The van der Waals surface area contributed by atoms with E-state index in [0.29, 0.717) is 16.8 Å². The molecule has 0 saturated heterocycles. The van der Waals surface area contributed by atoms with E-state index < -0.39 is 0 Å². The van der Waals surface area contributed by atoms with E-state index in [4.69, 9.17) is 16.3 Å². The third-order valence-corrected chi connectivity index (χ3v) is 2.47. The molecule has 0 radical (unpaired) electrons. The summed E-state index contributed by atoms with van der Waals surface area (Å²) in [5.74, 6) is 1.75. The summed E-state index contributed by atoms with van der Waals surface area (Å²) in [6, 6.07) is 0. The van der Waals surface area contributed by atoms with Crippen molar-refractivity contribution in [2.24, 2.45) is 0 Å². The molecule has 1 aromatic heterocycles. The molecule has 0 aromatic carbocycles. The summed E-state index contributed by atoms with van der Waals surface area (Å²) in [5, 5.41) is 0.579. The molecule has 1 fully saturated rings. The quantitative estimate of drug-likeness (QED) is 0.732. The van der Waals surface area contributed by atoms with Crippen molar-refractivity contribution in [1.29, 1.82) is 0 Å². The molecule has 0 amide bonds. The molecule has 0 bridgehead atoms. The van der Waals surface area contributed by atoms with Crippen LogP contribution in [0.1, 0.15) is 30.3 Å². The molecule has 3 nitrogen and oxygen atoms in total. The van der Waals surface area contributed by atoms with E-state index in [1.807, 2.05) is 6.92 Å². The molecule has 13 heavy (non-hydrogen) atoms. The number of ether oxygens (including phenoxy) is 1. The molecule has 2 rings (SSSR count). The van der Waals surface area contributed by atoms with Crippen molar-refractivity contribution in [3.63, 3.8) is 0 Å². The molecule has 1 aromatic rings. The van der Waals surface area contributed by atoms with Gasteiger partial charge in [-0.3, -0.25) is 0 Å². The van der Waals surface area contributed by atoms with Gasteiger partial charge in [0.25, 0.3) is 0 Å². The molecule has 0 atom stereocenters. The fourth-order valence-electron chi connectivity index (χ4n) is 1.32. The summed E-state index contributed by atoms with van der Waals surface area (Å²) < 4.78 is 5.06. The lowest BCUT2D eigenvalue weighted by Crippen LogP contribution is -1.99. The zero-order chi connectivity index (χ0) is 9.42. The zero-order valence-corrected chi connectivity index (χ0v) is 8.43. The van der Waals surface area contributed by atoms with Gasteiger partial charge in [-0.05, 0) is 19.8 Å². The largest absolute Gasteiger partial charge is 0.480 e. The lowest BCUT2D eigenvalue weighted by atomic mass is 10.3. The van der Waals surface area contributed by atoms with E-state index in [1.165, 1.54) is 12.8 Å². The van der Waals surface area contributed by atoms with Crippen LogP contribution in [0.2, 0.25) is 5.02 Å². The molecule has 70 valence electrons. The molecule has 0 aliphatic heterocycles. The normalized spacial score (nSPS) is 15.9. The van der Waals surface area contributed by atoms with Gasteiger partial charge in [0.05, 0.1) is 12.8 Å². The SMILES string of the molecule is COc1nc(C)nc(C2CC2)c1Cl. The van der Waals surface area contributed by atoms with Crippen LogP contribution in [0.5, 0.6) is 5.88 Å². The van der Waals surface area contributed by atoms with Gasteiger partial charge < -0.3 is 4.74 Å².